The topological polar surface area (TPSA) is 73.8 Å². The van der Waals surface area contributed by atoms with Crippen LogP contribution in [0.15, 0.2) is 58.3 Å². The van der Waals surface area contributed by atoms with Gasteiger partial charge in [0.2, 0.25) is 10.2 Å². The number of nitrogens with one attached hydrogen (secondary N) is 1. The van der Waals surface area contributed by atoms with E-state index in [0.29, 0.717) is 11.6 Å². The molecule has 154 valence electrons. The number of carbonyl (C=O) groups is 1. The van der Waals surface area contributed by atoms with Gasteiger partial charge in [-0.15, -0.1) is 0 Å². The molecule has 0 bridgehead atoms. The Labute approximate surface area is 174 Å². The van der Waals surface area contributed by atoms with Crippen LogP contribution < -0.4 is 0 Å². The highest BCUT2D eigenvalue weighted by Gasteiger charge is 2.46. The van der Waals surface area contributed by atoms with Gasteiger partial charge in [-0.25, -0.2) is 0 Å². The molecule has 1 aromatic carbocycles. The van der Waals surface area contributed by atoms with Crippen molar-refractivity contribution in [1.82, 2.24) is 9.58 Å². The third kappa shape index (κ3) is 3.58. The Balaban J connectivity index is 1.69. The van der Waals surface area contributed by atoms with Gasteiger partial charge in [-0.1, -0.05) is 26.0 Å². The van der Waals surface area contributed by atoms with E-state index in [9.17, 15) is 18.0 Å². The molecule has 4 rings (SSSR count). The summed E-state index contributed by atoms with van der Waals surface area (Å²) >= 11 is 0.229. The summed E-state index contributed by atoms with van der Waals surface area (Å²) in [5.74, 6) is -0.835. The summed E-state index contributed by atoms with van der Waals surface area (Å²) in [5, 5.41) is 10.9. The molecule has 2 aliphatic heterocycles. The lowest BCUT2D eigenvalue weighted by molar-refractivity contribution is -0.114. The van der Waals surface area contributed by atoms with E-state index in [2.05, 4.69) is 23.9 Å². The van der Waals surface area contributed by atoms with E-state index in [1.54, 1.807) is 18.3 Å². The lowest BCUT2D eigenvalue weighted by atomic mass is 10.0. The van der Waals surface area contributed by atoms with Crippen LogP contribution in [0.5, 0.6) is 0 Å². The van der Waals surface area contributed by atoms with Gasteiger partial charge in [0.25, 0.3) is 5.91 Å². The molecular formula is C20H16F3N5OS. The van der Waals surface area contributed by atoms with E-state index in [0.717, 1.165) is 10.7 Å². The van der Waals surface area contributed by atoms with Crippen LogP contribution in [0.3, 0.4) is 0 Å². The highest BCUT2D eigenvalue weighted by atomic mass is 32.2. The Morgan fingerprint density at radius 1 is 1.17 bits per heavy atom. The number of rotatable bonds is 3. The number of aromatic nitrogens is 1. The Kier molecular flexibility index (Phi) is 4.89. The predicted molar refractivity (Wildman–Crippen MR) is 111 cm³/mol. The van der Waals surface area contributed by atoms with Crippen molar-refractivity contribution in [3.8, 4) is 5.69 Å². The first-order valence-electron chi connectivity index (χ1n) is 9.00. The van der Waals surface area contributed by atoms with Gasteiger partial charge in [0.05, 0.1) is 5.57 Å². The maximum atomic E-state index is 12.9. The van der Waals surface area contributed by atoms with Crippen molar-refractivity contribution in [3.63, 3.8) is 0 Å². The van der Waals surface area contributed by atoms with E-state index in [1.807, 2.05) is 28.8 Å². The standard InChI is InChI=1S/C20H16F3N5OS/c1-11(2)12-5-7-13(8-6-12)27-9-3-4-14(27)10-15-16(24)28-19(25-17(15)29)30-18(26-28)20(21,22)23/h3-11,24H,1-2H3/b15-10+,24-16?. The smallest absolute Gasteiger partial charge is 0.317 e. The number of carbonyl (C=O) groups excluding carboxylic acids is 1. The van der Waals surface area contributed by atoms with Crippen LogP contribution in [0, 0.1) is 5.41 Å². The normalized spacial score (nSPS) is 18.2. The van der Waals surface area contributed by atoms with Gasteiger partial charge in [0.15, 0.2) is 5.84 Å². The second kappa shape index (κ2) is 7.28. The number of alkyl halides is 3. The summed E-state index contributed by atoms with van der Waals surface area (Å²) in [6, 6.07) is 11.4. The molecule has 2 aliphatic rings. The summed E-state index contributed by atoms with van der Waals surface area (Å²) in [6.45, 7) is 4.19. The lowest BCUT2D eigenvalue weighted by Crippen LogP contribution is -2.35. The minimum Gasteiger partial charge on any atom is -0.317 e. The van der Waals surface area contributed by atoms with Gasteiger partial charge in [-0.05, 0) is 53.6 Å². The number of benzene rings is 1. The Hall–Kier alpha value is -3.14. The van der Waals surface area contributed by atoms with Crippen LogP contribution in [0.4, 0.5) is 13.2 Å². The largest absolute Gasteiger partial charge is 0.441 e. The van der Waals surface area contributed by atoms with E-state index in [4.69, 9.17) is 5.41 Å². The third-order valence-corrected chi connectivity index (χ3v) is 5.56. The van der Waals surface area contributed by atoms with E-state index in [1.165, 1.54) is 11.6 Å². The number of hydrogen-bond acceptors (Lipinski definition) is 4. The minimum atomic E-state index is -4.67. The van der Waals surface area contributed by atoms with Crippen molar-refractivity contribution in [2.45, 2.75) is 25.9 Å². The molecule has 30 heavy (non-hydrogen) atoms. The second-order valence-electron chi connectivity index (χ2n) is 6.97. The van der Waals surface area contributed by atoms with Crippen LogP contribution in [-0.4, -0.2) is 37.7 Å². The molecule has 0 aliphatic carbocycles. The monoisotopic (exact) mass is 431 g/mol. The Morgan fingerprint density at radius 2 is 1.87 bits per heavy atom. The van der Waals surface area contributed by atoms with Gasteiger partial charge >= 0.3 is 6.18 Å². The van der Waals surface area contributed by atoms with E-state index in [-0.39, 0.29) is 22.5 Å². The fourth-order valence-corrected chi connectivity index (χ4v) is 3.78. The van der Waals surface area contributed by atoms with E-state index < -0.39 is 23.0 Å². The van der Waals surface area contributed by atoms with Crippen molar-refractivity contribution in [2.24, 2.45) is 10.1 Å². The number of halogens is 3. The molecule has 0 radical (unpaired) electrons. The number of amides is 1. The lowest BCUT2D eigenvalue weighted by Gasteiger charge is -2.20. The summed E-state index contributed by atoms with van der Waals surface area (Å²) in [4.78, 5) is 16.1. The number of hydrazone groups is 1. The molecule has 0 atom stereocenters. The predicted octanol–water partition coefficient (Wildman–Crippen LogP) is 4.78. The number of fused-ring (bicyclic) bond motifs is 1. The van der Waals surface area contributed by atoms with Gasteiger partial charge < -0.3 is 4.57 Å². The molecule has 0 saturated heterocycles. The Bertz CT molecular complexity index is 1130. The zero-order valence-corrected chi connectivity index (χ0v) is 16.8. The van der Waals surface area contributed by atoms with Crippen molar-refractivity contribution < 1.29 is 18.0 Å². The van der Waals surface area contributed by atoms with Gasteiger partial charge in [0, 0.05) is 17.6 Å². The van der Waals surface area contributed by atoms with Gasteiger partial charge in [-0.2, -0.15) is 28.3 Å². The molecule has 6 nitrogen and oxygen atoms in total. The van der Waals surface area contributed by atoms with Crippen LogP contribution >= 0.6 is 11.8 Å². The maximum absolute atomic E-state index is 12.9. The fourth-order valence-electron chi connectivity index (χ4n) is 3.02. The number of hydrogen-bond donors (Lipinski definition) is 1. The summed E-state index contributed by atoms with van der Waals surface area (Å²) in [5.41, 5.74) is 2.49. The first kappa shape index (κ1) is 20.1. The molecule has 10 heteroatoms. The number of amidine groups is 2. The van der Waals surface area contributed by atoms with Crippen LogP contribution in [-0.2, 0) is 4.79 Å². The molecule has 3 heterocycles. The average molecular weight is 431 g/mol. The van der Waals surface area contributed by atoms with Crippen LogP contribution in [0.25, 0.3) is 11.8 Å². The fraction of sp³-hybridized carbons (Fsp3) is 0.200. The second-order valence-corrected chi connectivity index (χ2v) is 7.93. The van der Waals surface area contributed by atoms with Crippen molar-refractivity contribution in [1.29, 1.82) is 5.41 Å². The third-order valence-electron chi connectivity index (χ3n) is 4.61. The van der Waals surface area contributed by atoms with Gasteiger partial charge in [-0.3, -0.25) is 10.2 Å². The molecular weight excluding hydrogens is 415 g/mol. The number of thioether (sulfide) groups is 1. The molecule has 2 aromatic rings. The molecule has 0 saturated carbocycles. The summed E-state index contributed by atoms with van der Waals surface area (Å²) in [6.07, 6.45) is -1.43. The molecule has 1 amide bonds. The molecule has 1 N–H and O–H groups in total. The van der Waals surface area contributed by atoms with Crippen LogP contribution in [0.2, 0.25) is 0 Å². The highest BCUT2D eigenvalue weighted by molar-refractivity contribution is 8.27. The first-order valence-corrected chi connectivity index (χ1v) is 9.82. The van der Waals surface area contributed by atoms with E-state index >= 15 is 0 Å². The number of aliphatic imine (C=N–C) groups is 1. The zero-order chi connectivity index (χ0) is 21.6. The zero-order valence-electron chi connectivity index (χ0n) is 15.9. The number of nitrogens with zero attached hydrogens (tertiary/aromatic N) is 4. The van der Waals surface area contributed by atoms with Gasteiger partial charge in [0.1, 0.15) is 0 Å². The summed E-state index contributed by atoms with van der Waals surface area (Å²) in [7, 11) is 0. The summed E-state index contributed by atoms with van der Waals surface area (Å²) < 4.78 is 40.6. The Morgan fingerprint density at radius 3 is 2.50 bits per heavy atom. The van der Waals surface area contributed by atoms with Crippen molar-refractivity contribution in [2.75, 3.05) is 0 Å². The first-order chi connectivity index (χ1) is 14.1. The molecule has 0 unspecified atom stereocenters. The van der Waals surface area contributed by atoms with Crippen LogP contribution in [0.1, 0.15) is 31.0 Å². The average Bonchev–Trinajstić information content (AvgIpc) is 3.32. The highest BCUT2D eigenvalue weighted by Crippen LogP contribution is 2.35. The molecule has 0 spiro atoms. The SMILES string of the molecule is CC(C)c1ccc(-n2cccc2/C=C2\C(=N)N3N=C(C(F)(F)F)SC3=NC2=O)cc1. The molecule has 1 aromatic heterocycles. The maximum Gasteiger partial charge on any atom is 0.441 e. The molecule has 0 fully saturated rings. The van der Waals surface area contributed by atoms with Crippen molar-refractivity contribution >= 4 is 39.8 Å². The van der Waals surface area contributed by atoms with Crippen molar-refractivity contribution in [3.05, 3.63) is 59.4 Å². The minimum absolute atomic E-state index is 0.134. The quantitative estimate of drug-likeness (QED) is 0.711.